The molecule has 0 aliphatic rings. The Morgan fingerprint density at radius 3 is 2.38 bits per heavy atom. The minimum absolute atomic E-state index is 0.208. The highest BCUT2D eigenvalue weighted by molar-refractivity contribution is 5.93. The van der Waals surface area contributed by atoms with Crippen molar-refractivity contribution in [2.45, 2.75) is 39.5 Å². The van der Waals surface area contributed by atoms with Gasteiger partial charge in [-0.05, 0) is 30.0 Å². The van der Waals surface area contributed by atoms with Gasteiger partial charge in [0.1, 0.15) is 0 Å². The van der Waals surface area contributed by atoms with Gasteiger partial charge in [-0.1, -0.05) is 50.6 Å². The van der Waals surface area contributed by atoms with E-state index in [0.29, 0.717) is 6.42 Å². The van der Waals surface area contributed by atoms with Crippen LogP contribution in [0.1, 0.15) is 44.2 Å². The second-order valence-electron chi connectivity index (χ2n) is 4.04. The molecule has 0 aromatic heterocycles. The van der Waals surface area contributed by atoms with Crippen LogP contribution < -0.4 is 0 Å². The molecule has 0 heterocycles. The molecule has 0 radical (unpaired) electrons. The number of rotatable bonds is 6. The van der Waals surface area contributed by atoms with Gasteiger partial charge in [0.25, 0.3) is 0 Å². The van der Waals surface area contributed by atoms with E-state index in [-0.39, 0.29) is 5.78 Å². The van der Waals surface area contributed by atoms with Crippen LogP contribution in [0.2, 0.25) is 0 Å². The summed E-state index contributed by atoms with van der Waals surface area (Å²) in [6.45, 7) is 4.20. The summed E-state index contributed by atoms with van der Waals surface area (Å²) in [6.07, 6.45) is 7.43. The van der Waals surface area contributed by atoms with Gasteiger partial charge < -0.3 is 0 Å². The molecule has 0 amide bonds. The summed E-state index contributed by atoms with van der Waals surface area (Å²) in [4.78, 5) is 11.3. The number of ketones is 1. The number of carbonyl (C=O) groups is 1. The van der Waals surface area contributed by atoms with Gasteiger partial charge >= 0.3 is 0 Å². The van der Waals surface area contributed by atoms with Crippen molar-refractivity contribution in [2.24, 2.45) is 0 Å². The number of benzene rings is 1. The van der Waals surface area contributed by atoms with Gasteiger partial charge in [0.2, 0.25) is 0 Å². The Kier molecular flexibility index (Phi) is 5.55. The lowest BCUT2D eigenvalue weighted by Crippen LogP contribution is -1.89. The van der Waals surface area contributed by atoms with Crippen LogP contribution in [0.25, 0.3) is 6.08 Å². The van der Waals surface area contributed by atoms with E-state index in [0.717, 1.165) is 18.4 Å². The maximum Gasteiger partial charge on any atom is 0.155 e. The van der Waals surface area contributed by atoms with Crippen molar-refractivity contribution < 1.29 is 4.79 Å². The van der Waals surface area contributed by atoms with Gasteiger partial charge in [-0.2, -0.15) is 0 Å². The third-order valence-electron chi connectivity index (χ3n) is 2.48. The lowest BCUT2D eigenvalue weighted by molar-refractivity contribution is -0.114. The highest BCUT2D eigenvalue weighted by Gasteiger charge is 1.94. The monoisotopic (exact) mass is 216 g/mol. The first kappa shape index (κ1) is 12.7. The Labute approximate surface area is 98.2 Å². The molecule has 0 saturated carbocycles. The summed E-state index contributed by atoms with van der Waals surface area (Å²) in [5, 5.41) is 0. The lowest BCUT2D eigenvalue weighted by Gasteiger charge is -1.98. The molecule has 0 unspecified atom stereocenters. The number of carbonyl (C=O) groups excluding carboxylic acids is 1. The van der Waals surface area contributed by atoms with Crippen LogP contribution >= 0.6 is 0 Å². The zero-order valence-electron chi connectivity index (χ0n) is 10.2. The highest BCUT2D eigenvalue weighted by atomic mass is 16.1. The Morgan fingerprint density at radius 2 is 1.81 bits per heavy atom. The molecule has 1 aromatic carbocycles. The van der Waals surface area contributed by atoms with Crippen LogP contribution in [0, 0.1) is 0 Å². The van der Waals surface area contributed by atoms with Gasteiger partial charge in [0.15, 0.2) is 5.78 Å². The van der Waals surface area contributed by atoms with Crippen molar-refractivity contribution in [3.63, 3.8) is 0 Å². The van der Waals surface area contributed by atoms with Crippen LogP contribution in [0.5, 0.6) is 0 Å². The first-order valence-corrected chi connectivity index (χ1v) is 6.06. The standard InChI is InChI=1S/C15H20O/c1-3-5-13-7-9-14(10-8-13)11-12-15(16)6-4-2/h7-12H,3-6H2,1-2H3. The molecule has 0 atom stereocenters. The predicted octanol–water partition coefficient (Wildman–Crippen LogP) is 4.02. The van der Waals surface area contributed by atoms with Gasteiger partial charge in [-0.25, -0.2) is 0 Å². The van der Waals surface area contributed by atoms with Crippen molar-refractivity contribution in [3.05, 3.63) is 41.5 Å². The third-order valence-corrected chi connectivity index (χ3v) is 2.48. The van der Waals surface area contributed by atoms with E-state index in [2.05, 4.69) is 31.2 Å². The Morgan fingerprint density at radius 1 is 1.12 bits per heavy atom. The largest absolute Gasteiger partial charge is 0.295 e. The van der Waals surface area contributed by atoms with Crippen LogP contribution in [0.4, 0.5) is 0 Å². The summed E-state index contributed by atoms with van der Waals surface area (Å²) in [6, 6.07) is 8.41. The maximum atomic E-state index is 11.3. The van der Waals surface area contributed by atoms with E-state index in [4.69, 9.17) is 0 Å². The van der Waals surface area contributed by atoms with Crippen LogP contribution in [-0.4, -0.2) is 5.78 Å². The molecular formula is C15H20O. The van der Waals surface area contributed by atoms with E-state index >= 15 is 0 Å². The fraction of sp³-hybridized carbons (Fsp3) is 0.400. The van der Waals surface area contributed by atoms with Gasteiger partial charge in [0.05, 0.1) is 0 Å². The first-order chi connectivity index (χ1) is 7.76. The summed E-state index contributed by atoms with van der Waals surface area (Å²) < 4.78 is 0. The molecule has 1 nitrogen and oxygen atoms in total. The number of allylic oxidation sites excluding steroid dienone is 1. The molecule has 0 aliphatic heterocycles. The minimum Gasteiger partial charge on any atom is -0.295 e. The van der Waals surface area contributed by atoms with Gasteiger partial charge in [-0.3, -0.25) is 4.79 Å². The maximum absolute atomic E-state index is 11.3. The second kappa shape index (κ2) is 7.00. The molecule has 1 aromatic rings. The fourth-order valence-corrected chi connectivity index (χ4v) is 1.60. The van der Waals surface area contributed by atoms with E-state index in [9.17, 15) is 4.79 Å². The van der Waals surface area contributed by atoms with Crippen LogP contribution in [-0.2, 0) is 11.2 Å². The smallest absolute Gasteiger partial charge is 0.155 e. The number of hydrogen-bond donors (Lipinski definition) is 0. The number of aryl methyl sites for hydroxylation is 1. The molecular weight excluding hydrogens is 196 g/mol. The molecule has 16 heavy (non-hydrogen) atoms. The van der Waals surface area contributed by atoms with Crippen LogP contribution in [0.15, 0.2) is 30.3 Å². The molecule has 0 bridgehead atoms. The highest BCUT2D eigenvalue weighted by Crippen LogP contribution is 2.08. The summed E-state index contributed by atoms with van der Waals surface area (Å²) >= 11 is 0. The molecule has 0 N–H and O–H groups in total. The molecule has 0 saturated heterocycles. The minimum atomic E-state index is 0.208. The molecule has 0 aliphatic carbocycles. The van der Waals surface area contributed by atoms with Gasteiger partial charge in [-0.15, -0.1) is 0 Å². The average molecular weight is 216 g/mol. The Balaban J connectivity index is 2.57. The lowest BCUT2D eigenvalue weighted by atomic mass is 10.1. The normalized spacial score (nSPS) is 10.9. The van der Waals surface area contributed by atoms with E-state index in [1.807, 2.05) is 13.0 Å². The SMILES string of the molecule is CCCC(=O)C=Cc1ccc(CCC)cc1. The Hall–Kier alpha value is -1.37. The van der Waals surface area contributed by atoms with Crippen LogP contribution in [0.3, 0.4) is 0 Å². The van der Waals surface area contributed by atoms with Crippen molar-refractivity contribution in [1.82, 2.24) is 0 Å². The van der Waals surface area contributed by atoms with Crippen molar-refractivity contribution in [1.29, 1.82) is 0 Å². The first-order valence-electron chi connectivity index (χ1n) is 6.06. The molecule has 0 spiro atoms. The average Bonchev–Trinajstić information content (AvgIpc) is 2.29. The summed E-state index contributed by atoms with van der Waals surface area (Å²) in [5.74, 6) is 0.208. The third kappa shape index (κ3) is 4.43. The summed E-state index contributed by atoms with van der Waals surface area (Å²) in [5.41, 5.74) is 2.46. The molecule has 86 valence electrons. The zero-order chi connectivity index (χ0) is 11.8. The van der Waals surface area contributed by atoms with Gasteiger partial charge in [0, 0.05) is 6.42 Å². The number of hydrogen-bond acceptors (Lipinski definition) is 1. The van der Waals surface area contributed by atoms with Crippen molar-refractivity contribution >= 4 is 11.9 Å². The molecule has 1 heteroatoms. The predicted molar refractivity (Wildman–Crippen MR) is 69.4 cm³/mol. The molecule has 0 fully saturated rings. The Bertz CT molecular complexity index is 346. The summed E-state index contributed by atoms with van der Waals surface area (Å²) in [7, 11) is 0. The van der Waals surface area contributed by atoms with E-state index in [1.165, 1.54) is 12.0 Å². The van der Waals surface area contributed by atoms with Crippen molar-refractivity contribution in [2.75, 3.05) is 0 Å². The fourth-order valence-electron chi connectivity index (χ4n) is 1.60. The van der Waals surface area contributed by atoms with Crippen molar-refractivity contribution in [3.8, 4) is 0 Å². The van der Waals surface area contributed by atoms with E-state index < -0.39 is 0 Å². The quantitative estimate of drug-likeness (QED) is 0.656. The topological polar surface area (TPSA) is 17.1 Å². The molecule has 1 rings (SSSR count). The zero-order valence-corrected chi connectivity index (χ0v) is 10.2. The van der Waals surface area contributed by atoms with E-state index in [1.54, 1.807) is 6.08 Å². The second-order valence-corrected chi connectivity index (χ2v) is 4.04.